The highest BCUT2D eigenvalue weighted by molar-refractivity contribution is 7.17. The molecule has 0 aliphatic carbocycles. The van der Waals surface area contributed by atoms with Crippen molar-refractivity contribution in [2.75, 3.05) is 57.3 Å². The fraction of sp³-hybridized carbons (Fsp3) is 0.492. The molecular weight excluding hydrogens is 1240 g/mol. The first kappa shape index (κ1) is 70.1. The Hall–Kier alpha value is -8.23. The number of phenolic OH excluding ortho intramolecular Hbond substituents is 1. The molecule has 4 saturated heterocycles. The van der Waals surface area contributed by atoms with E-state index in [-0.39, 0.29) is 61.4 Å². The number of fused-ring (bicyclic) bond motifs is 2. The number of aliphatic hydroxyl groups is 6. The first-order chi connectivity index (χ1) is 45.0. The van der Waals surface area contributed by atoms with Crippen LogP contribution in [0, 0.1) is 5.92 Å². The molecule has 0 spiro atoms. The summed E-state index contributed by atoms with van der Waals surface area (Å²) >= 11 is 1.33. The third kappa shape index (κ3) is 16.5. The molecule has 4 fully saturated rings. The molecule has 0 radical (unpaired) electrons. The lowest BCUT2D eigenvalue weighted by atomic mass is 9.89. The quantitative estimate of drug-likeness (QED) is 0.0489. The molecule has 5 aromatic rings. The Balaban J connectivity index is 0.952. The number of carbonyl (C=O) groups excluding carboxylic acids is 7. The summed E-state index contributed by atoms with van der Waals surface area (Å²) in [5.74, 6) is -8.73. The molecule has 28 nitrogen and oxygen atoms in total. The molecule has 7 amide bonds. The monoisotopic (exact) mass is 1320 g/mol. The minimum atomic E-state index is -2.18. The number of nitrogens with zero attached hydrogens (tertiary/aromatic N) is 5. The molecular formula is C65H84N12O16S. The van der Waals surface area contributed by atoms with E-state index in [9.17, 15) is 69.3 Å². The number of aromatic nitrogens is 2. The summed E-state index contributed by atoms with van der Waals surface area (Å²) in [6.07, 6.45) is -10.00. The van der Waals surface area contributed by atoms with Crippen LogP contribution < -0.4 is 47.7 Å². The van der Waals surface area contributed by atoms with Gasteiger partial charge in [0.2, 0.25) is 35.4 Å². The summed E-state index contributed by atoms with van der Waals surface area (Å²) in [6, 6.07) is 19.1. The van der Waals surface area contributed by atoms with Gasteiger partial charge in [-0.15, -0.1) is 10.2 Å². The average Bonchev–Trinajstić information content (AvgIpc) is 1.59. The second-order valence-electron chi connectivity index (χ2n) is 24.6. The van der Waals surface area contributed by atoms with Crippen LogP contribution in [0.4, 0.5) is 5.69 Å². The van der Waals surface area contributed by atoms with Gasteiger partial charge in [-0.2, -0.15) is 0 Å². The zero-order chi connectivity index (χ0) is 67.5. The lowest BCUT2D eigenvalue weighted by Gasteiger charge is -2.39. The smallest absolute Gasteiger partial charge is 0.251 e. The van der Waals surface area contributed by atoms with E-state index in [2.05, 4.69) is 65.9 Å². The Labute approximate surface area is 547 Å². The summed E-state index contributed by atoms with van der Waals surface area (Å²) in [7, 11) is 0. The van der Waals surface area contributed by atoms with Crippen molar-refractivity contribution >= 4 is 58.4 Å². The number of carbonyl (C=O) groups is 7. The molecule has 29 heteroatoms. The second-order valence-corrected chi connectivity index (χ2v) is 25.6. The van der Waals surface area contributed by atoms with Gasteiger partial charge in [0.25, 0.3) is 5.91 Å². The molecule has 5 heterocycles. The molecule has 4 aromatic carbocycles. The van der Waals surface area contributed by atoms with E-state index in [1.807, 2.05) is 30.3 Å². The second kappa shape index (κ2) is 31.3. The molecule has 9 rings (SSSR count). The van der Waals surface area contributed by atoms with E-state index >= 15 is 0 Å². The summed E-state index contributed by atoms with van der Waals surface area (Å²) < 4.78 is 11.7. The highest BCUT2D eigenvalue weighted by Crippen LogP contribution is 2.36. The predicted molar refractivity (Wildman–Crippen MR) is 343 cm³/mol. The Kier molecular flexibility index (Phi) is 23.4. The lowest BCUT2D eigenvalue weighted by molar-refractivity contribution is -0.153. The number of amides is 7. The number of anilines is 1. The maximum atomic E-state index is 14.9. The minimum absolute atomic E-state index is 0.00762. The van der Waals surface area contributed by atoms with Crippen LogP contribution in [0.25, 0.3) is 21.1 Å². The van der Waals surface area contributed by atoms with E-state index in [1.165, 1.54) is 48.6 Å². The van der Waals surface area contributed by atoms with Crippen LogP contribution in [0.1, 0.15) is 74.4 Å². The number of hydrogen-bond donors (Lipinski definition) is 14. The Morgan fingerprint density at radius 2 is 1.40 bits per heavy atom. The van der Waals surface area contributed by atoms with E-state index in [4.69, 9.17) is 20.9 Å². The molecule has 16 N–H and O–H groups in total. The first-order valence-corrected chi connectivity index (χ1v) is 32.3. The fourth-order valence-electron chi connectivity index (χ4n) is 12.3. The molecule has 506 valence electrons. The number of hydrogen-bond acceptors (Lipinski definition) is 22. The molecule has 2 unspecified atom stereocenters. The highest BCUT2D eigenvalue weighted by atomic mass is 32.1. The van der Waals surface area contributed by atoms with Gasteiger partial charge in [0.1, 0.15) is 52.4 Å². The van der Waals surface area contributed by atoms with Gasteiger partial charge in [0.05, 0.1) is 49.3 Å². The van der Waals surface area contributed by atoms with Crippen LogP contribution in [-0.2, 0) is 46.5 Å². The molecule has 13 atom stereocenters. The largest absolute Gasteiger partial charge is 0.504 e. The standard InChI is InChI=1S/C65H84N12O16S/c1-35-32-77-63(90)54(49(82)19-22-66)72-59(88)53(50(83)27-38-9-18-48(81)51(28-38)92-26-23-67)71-58(87)47-30-44(80)33-76(47)62(89)52(36(2)78)70-57(86)46(29-43(79)31-68-64(91)65(77,3)55(35)84)69-56(85)39-10-12-40(13-11-39)60-73-74-61(94-60)41-14-16-42(17-15-41)75-24-20-45(21-25-75)93-34-37-7-5-4-6-8-37/h4-18,28,35-36,43-47,49-50,52-55,78-84H,19-27,29-34,66-67H2,1-3H3,(H,68,91)(H,69,85)(H,70,86)(H,71,87)(H,72,88)/t35-,36+,43+,44+,46?,47-,49+,50+,52-,53-,54-,55-,65?/m0/s1. The van der Waals surface area contributed by atoms with Crippen LogP contribution in [0.15, 0.2) is 97.1 Å². The van der Waals surface area contributed by atoms with Crippen LogP contribution in [0.2, 0.25) is 0 Å². The number of ether oxygens (including phenoxy) is 2. The van der Waals surface area contributed by atoms with Crippen molar-refractivity contribution in [3.05, 3.63) is 114 Å². The molecule has 94 heavy (non-hydrogen) atoms. The summed E-state index contributed by atoms with van der Waals surface area (Å²) in [5.41, 5.74) is 13.2. The van der Waals surface area contributed by atoms with Gasteiger partial charge in [-0.25, -0.2) is 0 Å². The van der Waals surface area contributed by atoms with Crippen LogP contribution in [0.5, 0.6) is 11.5 Å². The van der Waals surface area contributed by atoms with Crippen molar-refractivity contribution in [2.45, 2.75) is 144 Å². The Morgan fingerprint density at radius 3 is 2.05 bits per heavy atom. The van der Waals surface area contributed by atoms with Gasteiger partial charge in [0, 0.05) is 86.8 Å². The van der Waals surface area contributed by atoms with E-state index in [0.29, 0.717) is 22.2 Å². The topological polar surface area (TPSA) is 427 Å². The van der Waals surface area contributed by atoms with Crippen LogP contribution in [-0.4, -0.2) is 228 Å². The van der Waals surface area contributed by atoms with Gasteiger partial charge in [-0.05, 0) is 99.3 Å². The Morgan fingerprint density at radius 1 is 0.755 bits per heavy atom. The SMILES string of the molecule is C[C@@H](O)[C@@H]1NC(=O)C(NC(=O)c2ccc(-c3nnc(-c4ccc(N5CCC(OCc6ccccc6)CC5)cc4)s3)cc2)C[C@@H](O)CNC(=O)C2(C)[C@@H](O)[C@@H](C)CN2C(=O)[C@H]([C@H](O)CCN)NC(=O)[C@H]([C@H](O)Cc2ccc(O)c(OCCN)c2)NC(=O)[C@@H]2C[C@@H](O)CN2C1=O. The number of aromatic hydroxyl groups is 1. The number of phenols is 1. The van der Waals surface area contributed by atoms with Crippen LogP contribution >= 0.6 is 11.3 Å². The van der Waals surface area contributed by atoms with Gasteiger partial charge < -0.3 is 98.0 Å². The highest BCUT2D eigenvalue weighted by Gasteiger charge is 2.57. The van der Waals surface area contributed by atoms with E-state index < -0.39 is 152 Å². The number of rotatable bonds is 18. The van der Waals surface area contributed by atoms with Crippen molar-refractivity contribution in [3.63, 3.8) is 0 Å². The molecule has 0 bridgehead atoms. The third-order valence-corrected chi connectivity index (χ3v) is 18.7. The van der Waals surface area contributed by atoms with Crippen LogP contribution in [0.3, 0.4) is 0 Å². The van der Waals surface area contributed by atoms with Crippen molar-refractivity contribution in [2.24, 2.45) is 17.4 Å². The maximum absolute atomic E-state index is 14.9. The zero-order valence-electron chi connectivity index (χ0n) is 52.5. The normalized spacial score (nSPS) is 26.4. The number of nitrogens with two attached hydrogens (primary N) is 2. The van der Waals surface area contributed by atoms with E-state index in [0.717, 1.165) is 59.5 Å². The van der Waals surface area contributed by atoms with Crippen molar-refractivity contribution < 1.29 is 78.8 Å². The molecule has 4 aliphatic rings. The molecule has 1 aromatic heterocycles. The third-order valence-electron chi connectivity index (χ3n) is 17.7. The van der Waals surface area contributed by atoms with Gasteiger partial charge in [-0.3, -0.25) is 33.6 Å². The molecule has 0 saturated carbocycles. The number of nitrogens with one attached hydrogen (secondary N) is 5. The van der Waals surface area contributed by atoms with Gasteiger partial charge in [-0.1, -0.05) is 66.8 Å². The predicted octanol–water partition coefficient (Wildman–Crippen LogP) is -1.21. The number of benzene rings is 4. The minimum Gasteiger partial charge on any atom is -0.504 e. The van der Waals surface area contributed by atoms with Gasteiger partial charge >= 0.3 is 0 Å². The average molecular weight is 1320 g/mol. The van der Waals surface area contributed by atoms with Gasteiger partial charge in [0.15, 0.2) is 11.5 Å². The van der Waals surface area contributed by atoms with Crippen molar-refractivity contribution in [3.8, 4) is 32.6 Å². The lowest BCUT2D eigenvalue weighted by Crippen LogP contribution is -2.67. The fourth-order valence-corrected chi connectivity index (χ4v) is 13.2. The Bertz CT molecular complexity index is 3450. The molecule has 4 aliphatic heterocycles. The summed E-state index contributed by atoms with van der Waals surface area (Å²) in [4.78, 5) is 106. The maximum Gasteiger partial charge on any atom is 0.251 e. The summed E-state index contributed by atoms with van der Waals surface area (Å²) in [6.45, 7) is 4.54. The summed E-state index contributed by atoms with van der Waals surface area (Å²) in [5, 5.41) is 102. The number of piperidine rings is 1. The first-order valence-electron chi connectivity index (χ1n) is 31.5. The van der Waals surface area contributed by atoms with Crippen molar-refractivity contribution in [1.82, 2.24) is 46.6 Å². The van der Waals surface area contributed by atoms with E-state index in [1.54, 1.807) is 19.1 Å². The zero-order valence-corrected chi connectivity index (χ0v) is 53.3. The van der Waals surface area contributed by atoms with Crippen molar-refractivity contribution in [1.29, 1.82) is 0 Å². The number of β-amino-alcohol motifs (C(OH)–C–C–N with tert-alkyl or cyclic N) is 1. The number of aliphatic hydroxyl groups excluding tert-OH is 6.